The van der Waals surface area contributed by atoms with Crippen molar-refractivity contribution in [1.82, 2.24) is 9.97 Å². The van der Waals surface area contributed by atoms with Gasteiger partial charge in [0.05, 0.1) is 6.61 Å². The van der Waals surface area contributed by atoms with Gasteiger partial charge in [-0.25, -0.2) is 4.98 Å². The quantitative estimate of drug-likeness (QED) is 0.820. The Hall–Kier alpha value is -2.14. The molecule has 0 bridgehead atoms. The number of nitrogens with zero attached hydrogens (tertiary/aromatic N) is 1. The van der Waals surface area contributed by atoms with Gasteiger partial charge in [-0.2, -0.15) is 0 Å². The van der Waals surface area contributed by atoms with Crippen LogP contribution in [0, 0.1) is 0 Å². The molecule has 0 atom stereocenters. The Balaban J connectivity index is 1.92. The molecule has 0 saturated carbocycles. The minimum atomic E-state index is -0.144. The van der Waals surface area contributed by atoms with Gasteiger partial charge in [0.1, 0.15) is 11.6 Å². The number of hydrogen-bond acceptors (Lipinski definition) is 4. The topological polar surface area (TPSA) is 81.0 Å². The third-order valence-electron chi connectivity index (χ3n) is 3.40. The van der Waals surface area contributed by atoms with Crippen molar-refractivity contribution in [2.24, 2.45) is 5.73 Å². The Morgan fingerprint density at radius 1 is 1.23 bits per heavy atom. The van der Waals surface area contributed by atoms with E-state index in [1.165, 1.54) is 11.6 Å². The number of H-pyrrole nitrogens is 1. The van der Waals surface area contributed by atoms with Gasteiger partial charge in [-0.15, -0.1) is 0 Å². The second-order valence-corrected chi connectivity index (χ2v) is 5.54. The maximum absolute atomic E-state index is 11.5. The largest absolute Gasteiger partial charge is 0.493 e. The number of ether oxygens (including phenoxy) is 1. The zero-order valence-electron chi connectivity index (χ0n) is 13.1. The molecule has 0 saturated heterocycles. The minimum Gasteiger partial charge on any atom is -0.493 e. The lowest BCUT2D eigenvalue weighted by Crippen LogP contribution is -2.16. The molecule has 2 aromatic rings. The van der Waals surface area contributed by atoms with E-state index in [1.54, 1.807) is 0 Å². The van der Waals surface area contributed by atoms with Crippen LogP contribution in [0.15, 0.2) is 35.1 Å². The van der Waals surface area contributed by atoms with Gasteiger partial charge in [0.2, 0.25) is 0 Å². The standard InChI is InChI=1S/C17H23N3O2/c1-12(2)13-3-5-15(6-4-13)22-10-8-16-19-14(7-9-18)11-17(21)20-16/h3-6,11-12H,7-10,18H2,1-2H3,(H,19,20,21). The van der Waals surface area contributed by atoms with Crippen LogP contribution in [0.25, 0.3) is 0 Å². The highest BCUT2D eigenvalue weighted by molar-refractivity contribution is 5.28. The van der Waals surface area contributed by atoms with Crippen LogP contribution < -0.4 is 16.0 Å². The number of hydrogen-bond donors (Lipinski definition) is 2. The summed E-state index contributed by atoms with van der Waals surface area (Å²) in [7, 11) is 0. The van der Waals surface area contributed by atoms with E-state index in [1.807, 2.05) is 12.1 Å². The van der Waals surface area contributed by atoms with E-state index in [2.05, 4.69) is 35.9 Å². The maximum atomic E-state index is 11.5. The zero-order chi connectivity index (χ0) is 15.9. The minimum absolute atomic E-state index is 0.144. The fraction of sp³-hybridized carbons (Fsp3) is 0.412. The van der Waals surface area contributed by atoms with Crippen LogP contribution >= 0.6 is 0 Å². The summed E-state index contributed by atoms with van der Waals surface area (Å²) in [5.74, 6) is 1.97. The van der Waals surface area contributed by atoms with E-state index < -0.39 is 0 Å². The monoisotopic (exact) mass is 301 g/mol. The lowest BCUT2D eigenvalue weighted by molar-refractivity contribution is 0.318. The molecule has 118 valence electrons. The molecule has 1 aromatic carbocycles. The summed E-state index contributed by atoms with van der Waals surface area (Å²) in [6.07, 6.45) is 1.16. The number of aromatic nitrogens is 2. The number of nitrogens with two attached hydrogens (primary N) is 1. The zero-order valence-corrected chi connectivity index (χ0v) is 13.1. The lowest BCUT2D eigenvalue weighted by Gasteiger charge is -2.09. The van der Waals surface area contributed by atoms with Crippen molar-refractivity contribution < 1.29 is 4.74 Å². The van der Waals surface area contributed by atoms with Gasteiger partial charge in [-0.05, 0) is 30.2 Å². The van der Waals surface area contributed by atoms with Gasteiger partial charge in [-0.1, -0.05) is 26.0 Å². The smallest absolute Gasteiger partial charge is 0.251 e. The number of rotatable bonds is 7. The Kier molecular flexibility index (Phi) is 5.72. The fourth-order valence-corrected chi connectivity index (χ4v) is 2.17. The molecule has 0 radical (unpaired) electrons. The molecular weight excluding hydrogens is 278 g/mol. The Morgan fingerprint density at radius 2 is 1.95 bits per heavy atom. The Bertz CT molecular complexity index is 648. The molecule has 0 fully saturated rings. The van der Waals surface area contributed by atoms with Gasteiger partial charge >= 0.3 is 0 Å². The van der Waals surface area contributed by atoms with E-state index in [-0.39, 0.29) is 5.56 Å². The van der Waals surface area contributed by atoms with Crippen molar-refractivity contribution in [3.63, 3.8) is 0 Å². The highest BCUT2D eigenvalue weighted by atomic mass is 16.5. The van der Waals surface area contributed by atoms with Crippen LogP contribution in [0.3, 0.4) is 0 Å². The van der Waals surface area contributed by atoms with Gasteiger partial charge in [0.25, 0.3) is 5.56 Å². The molecule has 1 aromatic heterocycles. The molecule has 3 N–H and O–H groups in total. The second kappa shape index (κ2) is 7.75. The van der Waals surface area contributed by atoms with Crippen LogP contribution in [0.2, 0.25) is 0 Å². The van der Waals surface area contributed by atoms with E-state index in [0.29, 0.717) is 37.7 Å². The van der Waals surface area contributed by atoms with Crippen molar-refractivity contribution in [3.05, 3.63) is 57.8 Å². The van der Waals surface area contributed by atoms with E-state index in [0.717, 1.165) is 11.4 Å². The summed E-state index contributed by atoms with van der Waals surface area (Å²) >= 11 is 0. The van der Waals surface area contributed by atoms with Crippen LogP contribution in [0.1, 0.15) is 36.8 Å². The molecule has 0 amide bonds. The number of nitrogens with one attached hydrogen (secondary N) is 1. The average molecular weight is 301 g/mol. The fourth-order valence-electron chi connectivity index (χ4n) is 2.17. The number of benzene rings is 1. The van der Waals surface area contributed by atoms with Gasteiger partial charge in [0.15, 0.2) is 0 Å². The molecule has 22 heavy (non-hydrogen) atoms. The third kappa shape index (κ3) is 4.70. The Morgan fingerprint density at radius 3 is 2.59 bits per heavy atom. The van der Waals surface area contributed by atoms with E-state index >= 15 is 0 Å². The molecule has 2 rings (SSSR count). The third-order valence-corrected chi connectivity index (χ3v) is 3.40. The number of aromatic amines is 1. The predicted molar refractivity (Wildman–Crippen MR) is 87.3 cm³/mol. The molecule has 0 aliphatic heterocycles. The summed E-state index contributed by atoms with van der Waals surface area (Å²) in [5, 5.41) is 0. The van der Waals surface area contributed by atoms with Crippen molar-refractivity contribution in [3.8, 4) is 5.75 Å². The van der Waals surface area contributed by atoms with Crippen molar-refractivity contribution >= 4 is 0 Å². The predicted octanol–water partition coefficient (Wildman–Crippen LogP) is 2.02. The molecule has 5 heteroatoms. The molecule has 0 aliphatic rings. The Labute approximate surface area is 130 Å². The van der Waals surface area contributed by atoms with E-state index in [4.69, 9.17) is 10.5 Å². The highest BCUT2D eigenvalue weighted by Gasteiger charge is 2.03. The van der Waals surface area contributed by atoms with Crippen LogP contribution in [-0.2, 0) is 12.8 Å². The molecule has 1 heterocycles. The summed E-state index contributed by atoms with van der Waals surface area (Å²) in [6.45, 7) is 5.27. The highest BCUT2D eigenvalue weighted by Crippen LogP contribution is 2.18. The summed E-state index contributed by atoms with van der Waals surface area (Å²) in [4.78, 5) is 18.6. The summed E-state index contributed by atoms with van der Waals surface area (Å²) in [6, 6.07) is 9.57. The lowest BCUT2D eigenvalue weighted by atomic mass is 10.0. The molecule has 0 aliphatic carbocycles. The normalized spacial score (nSPS) is 10.9. The maximum Gasteiger partial charge on any atom is 0.251 e. The van der Waals surface area contributed by atoms with Gasteiger partial charge in [0, 0.05) is 24.6 Å². The van der Waals surface area contributed by atoms with Crippen LogP contribution in [0.5, 0.6) is 5.75 Å². The van der Waals surface area contributed by atoms with Crippen LogP contribution in [0.4, 0.5) is 0 Å². The molecule has 5 nitrogen and oxygen atoms in total. The van der Waals surface area contributed by atoms with Crippen molar-refractivity contribution in [1.29, 1.82) is 0 Å². The van der Waals surface area contributed by atoms with Crippen LogP contribution in [-0.4, -0.2) is 23.1 Å². The first-order chi connectivity index (χ1) is 10.6. The summed E-state index contributed by atoms with van der Waals surface area (Å²) < 4.78 is 5.70. The molecule has 0 spiro atoms. The van der Waals surface area contributed by atoms with Gasteiger partial charge in [-0.3, -0.25) is 4.79 Å². The first kappa shape index (κ1) is 16.2. The van der Waals surface area contributed by atoms with Gasteiger partial charge < -0.3 is 15.5 Å². The molecular formula is C17H23N3O2. The van der Waals surface area contributed by atoms with E-state index in [9.17, 15) is 4.79 Å². The van der Waals surface area contributed by atoms with Crippen molar-refractivity contribution in [2.75, 3.05) is 13.2 Å². The summed E-state index contributed by atoms with van der Waals surface area (Å²) in [5.41, 5.74) is 7.36. The SMILES string of the molecule is CC(C)c1ccc(OCCc2nc(CCN)cc(=O)[nH]2)cc1. The first-order valence-corrected chi connectivity index (χ1v) is 7.60. The second-order valence-electron chi connectivity index (χ2n) is 5.54. The average Bonchev–Trinajstić information content (AvgIpc) is 2.47. The molecule has 0 unspecified atom stereocenters. The first-order valence-electron chi connectivity index (χ1n) is 7.60. The van der Waals surface area contributed by atoms with Crippen molar-refractivity contribution in [2.45, 2.75) is 32.6 Å².